The molecule has 172 valence electrons. The topological polar surface area (TPSA) is 53.7 Å². The number of benzene rings is 2. The fraction of sp³-hybridized carbons (Fsp3) is 0.269. The van der Waals surface area contributed by atoms with E-state index in [1.165, 1.54) is 6.07 Å². The minimum Gasteiger partial charge on any atom is -0.330 e. The summed E-state index contributed by atoms with van der Waals surface area (Å²) in [7, 11) is 0. The highest BCUT2D eigenvalue weighted by atomic mass is 35.5. The molecule has 0 N–H and O–H groups in total. The minimum atomic E-state index is -0.458. The number of amides is 1. The summed E-state index contributed by atoms with van der Waals surface area (Å²) < 4.78 is 16.3. The Kier molecular flexibility index (Phi) is 5.31. The van der Waals surface area contributed by atoms with Crippen LogP contribution in [-0.2, 0) is 6.54 Å². The quantitative estimate of drug-likeness (QED) is 0.430. The number of piperazine rings is 1. The van der Waals surface area contributed by atoms with E-state index in [1.807, 2.05) is 45.8 Å². The molecule has 6 nitrogen and oxygen atoms in total. The largest absolute Gasteiger partial charge is 0.330 e. The highest BCUT2D eigenvalue weighted by molar-refractivity contribution is 6.30. The van der Waals surface area contributed by atoms with Crippen LogP contribution in [0.1, 0.15) is 28.9 Å². The summed E-state index contributed by atoms with van der Waals surface area (Å²) in [6.07, 6.45) is 5.59. The summed E-state index contributed by atoms with van der Waals surface area (Å²) in [6.45, 7) is 2.16. The highest BCUT2D eigenvalue weighted by Gasteiger charge is 2.43. The monoisotopic (exact) mass is 475 g/mol. The van der Waals surface area contributed by atoms with Crippen LogP contribution in [0, 0.1) is 5.82 Å². The van der Waals surface area contributed by atoms with Crippen LogP contribution < -0.4 is 0 Å². The average Bonchev–Trinajstić information content (AvgIpc) is 3.34. The van der Waals surface area contributed by atoms with E-state index in [0.717, 1.165) is 42.9 Å². The number of aromatic nitrogens is 3. The van der Waals surface area contributed by atoms with Crippen molar-refractivity contribution in [3.8, 4) is 11.3 Å². The van der Waals surface area contributed by atoms with E-state index in [0.29, 0.717) is 17.3 Å². The lowest BCUT2D eigenvalue weighted by atomic mass is 10.1. The summed E-state index contributed by atoms with van der Waals surface area (Å²) >= 11 is 6.10. The van der Waals surface area contributed by atoms with Gasteiger partial charge < -0.3 is 4.90 Å². The Balaban J connectivity index is 1.29. The number of rotatable bonds is 4. The molecule has 4 aromatic rings. The molecule has 2 aromatic heterocycles. The molecular weight excluding hydrogens is 453 g/mol. The number of hydrogen-bond acceptors (Lipinski definition) is 4. The van der Waals surface area contributed by atoms with Crippen LogP contribution >= 0.6 is 11.6 Å². The normalized spacial score (nSPS) is 20.2. The van der Waals surface area contributed by atoms with Crippen LogP contribution in [0.5, 0.6) is 0 Å². The molecule has 0 aliphatic carbocycles. The van der Waals surface area contributed by atoms with Crippen molar-refractivity contribution in [3.63, 3.8) is 0 Å². The molecule has 2 fully saturated rings. The lowest BCUT2D eigenvalue weighted by Gasteiger charge is -2.41. The average molecular weight is 476 g/mol. The van der Waals surface area contributed by atoms with Gasteiger partial charge >= 0.3 is 0 Å². The van der Waals surface area contributed by atoms with Crippen LogP contribution in [-0.4, -0.2) is 55.2 Å². The molecule has 2 bridgehead atoms. The third-order valence-electron chi connectivity index (χ3n) is 6.89. The molecule has 2 aliphatic rings. The van der Waals surface area contributed by atoms with Gasteiger partial charge in [-0.15, -0.1) is 0 Å². The maximum atomic E-state index is 14.3. The highest BCUT2D eigenvalue weighted by Crippen LogP contribution is 2.34. The molecule has 1 amide bonds. The third kappa shape index (κ3) is 3.65. The van der Waals surface area contributed by atoms with E-state index in [9.17, 15) is 9.18 Å². The fourth-order valence-electron chi connectivity index (χ4n) is 5.36. The van der Waals surface area contributed by atoms with Gasteiger partial charge in [-0.25, -0.2) is 14.4 Å². The summed E-state index contributed by atoms with van der Waals surface area (Å²) in [5.74, 6) is -0.00920. The number of hydrogen-bond donors (Lipinski definition) is 0. The van der Waals surface area contributed by atoms with E-state index >= 15 is 0 Å². The van der Waals surface area contributed by atoms with Gasteiger partial charge in [0, 0.05) is 54.7 Å². The van der Waals surface area contributed by atoms with Gasteiger partial charge in [0.25, 0.3) is 5.91 Å². The van der Waals surface area contributed by atoms with Crippen LogP contribution in [0.2, 0.25) is 5.02 Å². The van der Waals surface area contributed by atoms with Gasteiger partial charge in [0.15, 0.2) is 0 Å². The van der Waals surface area contributed by atoms with Crippen molar-refractivity contribution in [1.29, 1.82) is 0 Å². The molecular formula is C26H23ClFN5O. The van der Waals surface area contributed by atoms with Crippen LogP contribution in [0.3, 0.4) is 0 Å². The van der Waals surface area contributed by atoms with E-state index in [-0.39, 0.29) is 23.6 Å². The zero-order valence-electron chi connectivity index (χ0n) is 18.4. The first-order valence-corrected chi connectivity index (χ1v) is 11.8. The Morgan fingerprint density at radius 2 is 1.76 bits per heavy atom. The van der Waals surface area contributed by atoms with Crippen molar-refractivity contribution < 1.29 is 9.18 Å². The van der Waals surface area contributed by atoms with Gasteiger partial charge in [0.1, 0.15) is 5.82 Å². The standard InChI is InChI=1S/C26H23ClFN5O/c27-18-8-6-17(7-9-18)24-23(32-13-3-12-29-26(32)30-24)16-31-14-19-10-11-20(15-31)33(19)25(34)21-4-1-2-5-22(21)28/h1-9,12-13,19-20H,10-11,14-16H2. The molecule has 2 atom stereocenters. The van der Waals surface area contributed by atoms with E-state index in [2.05, 4.69) is 9.88 Å². The first-order valence-electron chi connectivity index (χ1n) is 11.5. The number of imidazole rings is 1. The Morgan fingerprint density at radius 1 is 1.03 bits per heavy atom. The molecule has 2 aliphatic heterocycles. The number of fused-ring (bicyclic) bond motifs is 3. The van der Waals surface area contributed by atoms with Gasteiger partial charge in [0.05, 0.1) is 17.0 Å². The van der Waals surface area contributed by atoms with Crippen LogP contribution in [0.25, 0.3) is 17.0 Å². The fourth-order valence-corrected chi connectivity index (χ4v) is 5.49. The van der Waals surface area contributed by atoms with Crippen molar-refractivity contribution >= 4 is 23.3 Å². The summed E-state index contributed by atoms with van der Waals surface area (Å²) in [4.78, 5) is 26.7. The predicted octanol–water partition coefficient (Wildman–Crippen LogP) is 4.68. The summed E-state index contributed by atoms with van der Waals surface area (Å²) in [6, 6.07) is 16.0. The Labute approximate surface area is 201 Å². The minimum absolute atomic E-state index is 0.0714. The van der Waals surface area contributed by atoms with Gasteiger partial charge in [0.2, 0.25) is 5.78 Å². The Hall–Kier alpha value is -3.29. The van der Waals surface area contributed by atoms with Crippen molar-refractivity contribution in [2.24, 2.45) is 0 Å². The zero-order chi connectivity index (χ0) is 23.2. The molecule has 4 heterocycles. The number of nitrogens with zero attached hydrogens (tertiary/aromatic N) is 5. The van der Waals surface area contributed by atoms with E-state index in [4.69, 9.17) is 16.6 Å². The number of halogens is 2. The summed E-state index contributed by atoms with van der Waals surface area (Å²) in [5.41, 5.74) is 3.08. The van der Waals surface area contributed by atoms with Gasteiger partial charge in [-0.1, -0.05) is 35.9 Å². The SMILES string of the molecule is O=C(c1ccccc1F)N1C2CCC1CN(Cc1c(-c3ccc(Cl)cc3)nc3ncccn13)C2. The molecule has 0 radical (unpaired) electrons. The molecule has 2 aromatic carbocycles. The van der Waals surface area contributed by atoms with Crippen molar-refractivity contribution in [2.45, 2.75) is 31.5 Å². The maximum absolute atomic E-state index is 14.3. The third-order valence-corrected chi connectivity index (χ3v) is 7.14. The predicted molar refractivity (Wildman–Crippen MR) is 128 cm³/mol. The summed E-state index contributed by atoms with van der Waals surface area (Å²) in [5, 5.41) is 0.680. The van der Waals surface area contributed by atoms with Gasteiger partial charge in [-0.3, -0.25) is 14.1 Å². The molecule has 0 saturated carbocycles. The Morgan fingerprint density at radius 3 is 2.50 bits per heavy atom. The molecule has 34 heavy (non-hydrogen) atoms. The van der Waals surface area contributed by atoms with Crippen molar-refractivity contribution in [2.75, 3.05) is 13.1 Å². The molecule has 2 saturated heterocycles. The van der Waals surface area contributed by atoms with Crippen molar-refractivity contribution in [1.82, 2.24) is 24.2 Å². The Bertz CT molecular complexity index is 1360. The van der Waals surface area contributed by atoms with Gasteiger partial charge in [-0.2, -0.15) is 0 Å². The number of likely N-dealkylation sites (tertiary alicyclic amines) is 1. The zero-order valence-corrected chi connectivity index (χ0v) is 19.2. The van der Waals surface area contributed by atoms with Crippen LogP contribution in [0.4, 0.5) is 4.39 Å². The molecule has 6 rings (SSSR count). The molecule has 8 heteroatoms. The van der Waals surface area contributed by atoms with Crippen molar-refractivity contribution in [3.05, 3.63) is 89.1 Å². The maximum Gasteiger partial charge on any atom is 0.257 e. The number of carbonyl (C=O) groups is 1. The lowest BCUT2D eigenvalue weighted by molar-refractivity contribution is 0.0398. The number of carbonyl (C=O) groups excluding carboxylic acids is 1. The first-order chi connectivity index (χ1) is 16.6. The second-order valence-electron chi connectivity index (χ2n) is 8.98. The smallest absolute Gasteiger partial charge is 0.257 e. The van der Waals surface area contributed by atoms with Gasteiger partial charge in [-0.05, 0) is 43.2 Å². The first kappa shape index (κ1) is 21.3. The molecule has 2 unspecified atom stereocenters. The van der Waals surface area contributed by atoms with E-state index in [1.54, 1.807) is 24.4 Å². The molecule has 0 spiro atoms. The second kappa shape index (κ2) is 8.49. The van der Waals surface area contributed by atoms with Crippen LogP contribution in [0.15, 0.2) is 67.0 Å². The van der Waals surface area contributed by atoms with E-state index < -0.39 is 5.82 Å². The lowest BCUT2D eigenvalue weighted by Crippen LogP contribution is -2.55. The second-order valence-corrected chi connectivity index (χ2v) is 9.41.